The summed E-state index contributed by atoms with van der Waals surface area (Å²) in [4.78, 5) is 20.3. The van der Waals surface area contributed by atoms with Gasteiger partial charge in [0, 0.05) is 23.6 Å². The van der Waals surface area contributed by atoms with Crippen molar-refractivity contribution in [3.05, 3.63) is 54.0 Å². The third kappa shape index (κ3) is 8.14. The van der Waals surface area contributed by atoms with Crippen LogP contribution >= 0.6 is 0 Å². The minimum absolute atomic E-state index is 0.0783. The first-order valence-electron chi connectivity index (χ1n) is 12.6. The molecule has 43 heavy (non-hydrogen) atoms. The fourth-order valence-corrected chi connectivity index (χ4v) is 4.04. The van der Waals surface area contributed by atoms with Gasteiger partial charge < -0.3 is 18.7 Å². The van der Waals surface area contributed by atoms with Crippen LogP contribution in [0.15, 0.2) is 52.1 Å². The number of carbonyl (C=O) groups is 1. The molecule has 0 spiro atoms. The average molecular weight is 619 g/mol. The topological polar surface area (TPSA) is 108 Å². The fraction of sp³-hybridized carbons (Fsp3) is 0.407. The second-order valence-corrected chi connectivity index (χ2v) is 10.7. The number of halogens is 7. The molecule has 1 N–H and O–H groups in total. The Morgan fingerprint density at radius 2 is 1.79 bits per heavy atom. The average Bonchev–Trinajstić information content (AvgIpc) is 3.36. The number of benzene rings is 1. The number of pyridine rings is 1. The zero-order chi connectivity index (χ0) is 31.8. The highest BCUT2D eigenvalue weighted by molar-refractivity contribution is 5.91. The quantitative estimate of drug-likeness (QED) is 0.309. The van der Waals surface area contributed by atoms with Crippen molar-refractivity contribution in [2.24, 2.45) is 4.99 Å². The van der Waals surface area contributed by atoms with Crippen molar-refractivity contribution in [3.63, 3.8) is 0 Å². The van der Waals surface area contributed by atoms with Crippen LogP contribution in [0.2, 0.25) is 0 Å². The number of nitrogens with zero attached hydrogens (tertiary/aromatic N) is 3. The molecular weight excluding hydrogens is 593 g/mol. The number of hydrogen-bond acceptors (Lipinski definition) is 8. The lowest BCUT2D eigenvalue weighted by molar-refractivity contribution is -0.208. The number of alkyl halides is 6. The highest BCUT2D eigenvalue weighted by atomic mass is 19.4. The monoisotopic (exact) mass is 618 g/mol. The lowest BCUT2D eigenvalue weighted by atomic mass is 9.84. The van der Waals surface area contributed by atoms with Gasteiger partial charge in [-0.2, -0.15) is 26.3 Å². The first kappa shape index (κ1) is 31.6. The third-order valence-corrected chi connectivity index (χ3v) is 5.90. The molecule has 2 aromatic heterocycles. The van der Waals surface area contributed by atoms with E-state index in [1.165, 1.54) is 37.3 Å². The van der Waals surface area contributed by atoms with Gasteiger partial charge in [0.1, 0.15) is 22.9 Å². The van der Waals surface area contributed by atoms with Crippen molar-refractivity contribution in [2.75, 3.05) is 6.61 Å². The molecule has 3 aromatic rings. The number of aliphatic imine (C=N–C) groups is 1. The smallest absolute Gasteiger partial charge is 0.425 e. The van der Waals surface area contributed by atoms with E-state index < -0.39 is 60.6 Å². The van der Waals surface area contributed by atoms with Crippen LogP contribution in [0.4, 0.5) is 35.5 Å². The molecule has 1 aliphatic heterocycles. The van der Waals surface area contributed by atoms with Gasteiger partial charge in [-0.3, -0.25) is 4.98 Å². The molecule has 0 bridgehead atoms. The van der Waals surface area contributed by atoms with Gasteiger partial charge in [-0.15, -0.1) is 0 Å². The van der Waals surface area contributed by atoms with Crippen LogP contribution in [0, 0.1) is 5.82 Å². The fourth-order valence-electron chi connectivity index (χ4n) is 4.04. The Hall–Kier alpha value is -4.37. The van der Waals surface area contributed by atoms with E-state index in [-0.39, 0.29) is 34.0 Å². The van der Waals surface area contributed by atoms with E-state index in [1.807, 2.05) is 0 Å². The van der Waals surface area contributed by atoms with Gasteiger partial charge in [0.25, 0.3) is 6.02 Å². The van der Waals surface area contributed by atoms with Crippen LogP contribution in [0.3, 0.4) is 0 Å². The molecule has 4 rings (SSSR count). The molecule has 0 aliphatic carbocycles. The van der Waals surface area contributed by atoms with Crippen LogP contribution in [-0.4, -0.2) is 52.9 Å². The molecule has 0 fully saturated rings. The maximum absolute atomic E-state index is 15.2. The molecule has 16 heteroatoms. The van der Waals surface area contributed by atoms with E-state index in [1.54, 1.807) is 20.8 Å². The van der Waals surface area contributed by atoms with Crippen LogP contribution < -0.4 is 10.1 Å². The zero-order valence-corrected chi connectivity index (χ0v) is 23.1. The molecule has 3 heterocycles. The summed E-state index contributed by atoms with van der Waals surface area (Å²) < 4.78 is 114. The van der Waals surface area contributed by atoms with E-state index in [4.69, 9.17) is 14.0 Å². The first-order valence-corrected chi connectivity index (χ1v) is 12.6. The van der Waals surface area contributed by atoms with E-state index in [9.17, 15) is 31.1 Å². The minimum Gasteiger partial charge on any atom is -0.483 e. The predicted octanol–water partition coefficient (Wildman–Crippen LogP) is 6.93. The number of hydrogen-bond donors (Lipinski definition) is 1. The molecule has 1 aromatic carbocycles. The Morgan fingerprint density at radius 3 is 2.40 bits per heavy atom. The van der Waals surface area contributed by atoms with Crippen LogP contribution in [0.5, 0.6) is 5.75 Å². The van der Waals surface area contributed by atoms with Gasteiger partial charge in [0.05, 0.1) is 17.4 Å². The molecular formula is C27H25F7N4O5. The van der Waals surface area contributed by atoms with Crippen LogP contribution in [0.1, 0.15) is 39.7 Å². The van der Waals surface area contributed by atoms with E-state index in [0.717, 1.165) is 12.3 Å². The van der Waals surface area contributed by atoms with E-state index in [2.05, 4.69) is 25.2 Å². The van der Waals surface area contributed by atoms with Crippen molar-refractivity contribution < 1.29 is 54.3 Å². The second-order valence-electron chi connectivity index (χ2n) is 10.7. The van der Waals surface area contributed by atoms with Crippen LogP contribution in [0.25, 0.3) is 22.7 Å². The normalized spacial score (nSPS) is 19.3. The van der Waals surface area contributed by atoms with Crippen molar-refractivity contribution in [2.45, 2.75) is 63.7 Å². The summed E-state index contributed by atoms with van der Waals surface area (Å²) >= 11 is 0. The van der Waals surface area contributed by atoms with Gasteiger partial charge in [-0.05, 0) is 58.0 Å². The second kappa shape index (κ2) is 11.4. The Kier molecular flexibility index (Phi) is 8.35. The molecule has 9 nitrogen and oxygen atoms in total. The number of amidine groups is 1. The zero-order valence-electron chi connectivity index (χ0n) is 23.1. The maximum atomic E-state index is 15.2. The summed E-state index contributed by atoms with van der Waals surface area (Å²) in [6.45, 7) is 4.41. The number of ether oxygens (including phenoxy) is 3. The van der Waals surface area contributed by atoms with E-state index >= 15 is 4.39 Å². The van der Waals surface area contributed by atoms with Gasteiger partial charge in [0.15, 0.2) is 18.5 Å². The van der Waals surface area contributed by atoms with Gasteiger partial charge in [0.2, 0.25) is 0 Å². The maximum Gasteiger partial charge on any atom is 0.425 e. The van der Waals surface area contributed by atoms with E-state index in [0.29, 0.717) is 0 Å². The van der Waals surface area contributed by atoms with Crippen molar-refractivity contribution >= 4 is 12.1 Å². The lowest BCUT2D eigenvalue weighted by Gasteiger charge is -2.37. The van der Waals surface area contributed by atoms with Crippen LogP contribution in [-0.2, 0) is 15.0 Å². The number of nitrogens with one attached hydrogen (secondary N) is 1. The third-order valence-electron chi connectivity index (χ3n) is 5.90. The van der Waals surface area contributed by atoms with Crippen molar-refractivity contribution in [1.29, 1.82) is 0 Å². The summed E-state index contributed by atoms with van der Waals surface area (Å²) in [5.74, 6) is -0.934. The van der Waals surface area contributed by atoms with Crippen molar-refractivity contribution in [3.8, 4) is 28.5 Å². The largest absolute Gasteiger partial charge is 0.483 e. The highest BCUT2D eigenvalue weighted by Crippen LogP contribution is 2.42. The molecule has 1 amide bonds. The van der Waals surface area contributed by atoms with Crippen molar-refractivity contribution in [1.82, 2.24) is 15.5 Å². The standard InChI is InChI=1S/C27H25F7N4O5/c1-24(2,3)42-23(39)36-22-37-25(4,11-21(41-22)27(32,33)34)16-9-14(5-7-17(16)28)20-10-19(38-43-20)18-8-6-15(12-35-18)40-13-26(29,30)31/h5-10,12,21H,11,13H2,1-4H3,(H,36,37,39)/t21-,25-/m0/s1. The summed E-state index contributed by atoms with van der Waals surface area (Å²) in [5.41, 5.74) is -2.50. The summed E-state index contributed by atoms with van der Waals surface area (Å²) in [7, 11) is 0. The molecule has 2 atom stereocenters. The molecule has 0 saturated carbocycles. The number of carbonyl (C=O) groups excluding carboxylic acids is 1. The Labute approximate surface area is 240 Å². The number of amides is 1. The molecule has 232 valence electrons. The number of aromatic nitrogens is 2. The van der Waals surface area contributed by atoms with Gasteiger partial charge in [-0.25, -0.2) is 19.5 Å². The Balaban J connectivity index is 1.62. The Morgan fingerprint density at radius 1 is 1.07 bits per heavy atom. The lowest BCUT2D eigenvalue weighted by Crippen LogP contribution is -2.49. The molecule has 1 aliphatic rings. The number of alkyl carbamates (subject to hydrolysis) is 1. The number of rotatable bonds is 5. The first-order chi connectivity index (χ1) is 19.8. The highest BCUT2D eigenvalue weighted by Gasteiger charge is 2.50. The van der Waals surface area contributed by atoms with Gasteiger partial charge >= 0.3 is 18.4 Å². The summed E-state index contributed by atoms with van der Waals surface area (Å²) in [5, 5.41) is 5.92. The SMILES string of the molecule is CC(C)(C)OC(=O)NC1=N[C@](C)(c2cc(-c3cc(-c4ccc(OCC(F)(F)F)cn4)no3)ccc2F)C[C@@H](C(F)(F)F)O1. The minimum atomic E-state index is -4.88. The van der Waals surface area contributed by atoms with Gasteiger partial charge in [-0.1, -0.05) is 5.16 Å². The predicted molar refractivity (Wildman–Crippen MR) is 136 cm³/mol. The summed E-state index contributed by atoms with van der Waals surface area (Å²) in [6, 6.07) is 6.75. The summed E-state index contributed by atoms with van der Waals surface area (Å²) in [6.07, 6.45) is -12.7. The molecule has 0 unspecified atom stereocenters. The molecule has 0 radical (unpaired) electrons. The molecule has 0 saturated heterocycles. The Bertz CT molecular complexity index is 1500.